The first-order valence-corrected chi connectivity index (χ1v) is 17.7. The Kier molecular flexibility index (Phi) is 9.23. The number of nitrogens with two attached hydrogens (primary N) is 1. The van der Waals surface area contributed by atoms with Crippen molar-refractivity contribution in [2.45, 2.75) is 49.7 Å². The molecular weight excluding hydrogens is 713 g/mol. The second-order valence-corrected chi connectivity index (χ2v) is 15.2. The Bertz CT molecular complexity index is 1950. The number of oxime groups is 1. The lowest BCUT2D eigenvalue weighted by molar-refractivity contribution is -0.924. The molecule has 0 radical (unpaired) electrons. The molecule has 4 fully saturated rings. The van der Waals surface area contributed by atoms with Crippen LogP contribution in [0.5, 0.6) is 5.75 Å². The number of hydrogen-bond acceptors (Lipinski definition) is 14. The van der Waals surface area contributed by atoms with Crippen LogP contribution in [0.4, 0.5) is 5.13 Å². The van der Waals surface area contributed by atoms with Crippen molar-refractivity contribution < 1.29 is 53.8 Å². The van der Waals surface area contributed by atoms with Gasteiger partial charge in [-0.3, -0.25) is 24.1 Å². The Morgan fingerprint density at radius 1 is 1.18 bits per heavy atom. The monoisotopic (exact) mass is 747 g/mol. The van der Waals surface area contributed by atoms with E-state index in [0.717, 1.165) is 28.5 Å². The maximum Gasteiger partial charge on any atom is 0.352 e. The van der Waals surface area contributed by atoms with Gasteiger partial charge in [0.1, 0.15) is 35.0 Å². The van der Waals surface area contributed by atoms with Gasteiger partial charge in [0, 0.05) is 41.7 Å². The average molecular weight is 748 g/mol. The smallest absolute Gasteiger partial charge is 0.352 e. The van der Waals surface area contributed by atoms with Crippen LogP contribution in [0.25, 0.3) is 0 Å². The number of amides is 3. The van der Waals surface area contributed by atoms with Crippen molar-refractivity contribution in [1.29, 1.82) is 0 Å². The molecule has 7 rings (SSSR count). The van der Waals surface area contributed by atoms with E-state index in [0.29, 0.717) is 53.8 Å². The molecule has 0 aliphatic carbocycles. The minimum Gasteiger partial charge on any atom is -0.503 e. The molecule has 0 unspecified atom stereocenters. The summed E-state index contributed by atoms with van der Waals surface area (Å²) in [5.74, 6) is -5.21. The van der Waals surface area contributed by atoms with Gasteiger partial charge in [0.05, 0.1) is 32.4 Å². The van der Waals surface area contributed by atoms with Gasteiger partial charge in [-0.1, -0.05) is 5.16 Å². The first-order valence-electron chi connectivity index (χ1n) is 15.7. The Morgan fingerprint density at radius 2 is 1.88 bits per heavy atom. The number of piperidine rings is 1. The van der Waals surface area contributed by atoms with Crippen molar-refractivity contribution in [2.24, 2.45) is 5.16 Å². The number of pyridine rings is 1. The molecule has 19 nitrogen and oxygen atoms in total. The number of nitrogen functional groups attached to an aromatic ring is 1. The molecular formula is C30H35N8O11S2+. The van der Waals surface area contributed by atoms with Crippen LogP contribution in [0, 0.1) is 0 Å². The van der Waals surface area contributed by atoms with Gasteiger partial charge < -0.3 is 45.8 Å². The summed E-state index contributed by atoms with van der Waals surface area (Å²) in [5, 5.41) is 46.6. The van der Waals surface area contributed by atoms with Crippen LogP contribution in [0.2, 0.25) is 0 Å². The molecule has 2 aromatic heterocycles. The highest BCUT2D eigenvalue weighted by atomic mass is 32.2. The third kappa shape index (κ3) is 6.58. The Morgan fingerprint density at radius 3 is 2.51 bits per heavy atom. The largest absolute Gasteiger partial charge is 0.503 e. The first kappa shape index (κ1) is 35.7. The van der Waals surface area contributed by atoms with Crippen molar-refractivity contribution in [3.8, 4) is 5.75 Å². The first-order chi connectivity index (χ1) is 24.0. The number of nitrogens with one attached hydrogen (secondary N) is 1. The van der Waals surface area contributed by atoms with Crippen LogP contribution in [-0.4, -0.2) is 141 Å². The van der Waals surface area contributed by atoms with Gasteiger partial charge in [-0.15, -0.1) is 23.1 Å². The molecule has 2 bridgehead atoms. The van der Waals surface area contributed by atoms with Crippen molar-refractivity contribution in [3.05, 3.63) is 50.5 Å². The second kappa shape index (κ2) is 13.2. The molecule has 51 heavy (non-hydrogen) atoms. The molecule has 0 aromatic carbocycles. The van der Waals surface area contributed by atoms with E-state index in [-0.39, 0.29) is 40.6 Å². The fourth-order valence-electron chi connectivity index (χ4n) is 6.68. The highest BCUT2D eigenvalue weighted by molar-refractivity contribution is 8.00. The van der Waals surface area contributed by atoms with Gasteiger partial charge in [0.25, 0.3) is 17.7 Å². The zero-order valence-corrected chi connectivity index (χ0v) is 29.0. The van der Waals surface area contributed by atoms with Gasteiger partial charge in [0.15, 0.2) is 16.6 Å². The molecule has 2 aromatic rings. The molecule has 4 saturated heterocycles. The number of aromatic nitrogens is 2. The number of carbonyl (C=O) groups is 5. The normalized spacial score (nSPS) is 24.8. The van der Waals surface area contributed by atoms with Crippen molar-refractivity contribution >= 4 is 63.6 Å². The number of aromatic hydroxyl groups is 1. The highest BCUT2D eigenvalue weighted by Gasteiger charge is 2.55. The van der Waals surface area contributed by atoms with Crippen LogP contribution in [0.15, 0.2) is 38.9 Å². The Labute approximate surface area is 297 Å². The maximum absolute atomic E-state index is 13.5. The van der Waals surface area contributed by atoms with Crippen LogP contribution >= 0.6 is 23.1 Å². The summed E-state index contributed by atoms with van der Waals surface area (Å²) in [4.78, 5) is 88.5. The average Bonchev–Trinajstić information content (AvgIpc) is 3.32. The van der Waals surface area contributed by atoms with Gasteiger partial charge in [-0.2, -0.15) is 4.73 Å². The maximum atomic E-state index is 13.5. The Balaban J connectivity index is 1.18. The summed E-state index contributed by atoms with van der Waals surface area (Å²) in [7, 11) is 0. The molecule has 0 saturated carbocycles. The number of thiazole rings is 1. The van der Waals surface area contributed by atoms with Crippen molar-refractivity contribution in [1.82, 2.24) is 24.8 Å². The number of anilines is 1. The number of carboxylic acid groups (broad SMARTS) is 2. The lowest BCUT2D eigenvalue weighted by atomic mass is 9.99. The number of carboxylic acids is 2. The molecule has 5 aliphatic rings. The molecule has 272 valence electrons. The van der Waals surface area contributed by atoms with Gasteiger partial charge >= 0.3 is 11.9 Å². The predicted molar refractivity (Wildman–Crippen MR) is 179 cm³/mol. The number of hydrogen-bond donors (Lipinski definition) is 6. The highest BCUT2D eigenvalue weighted by Crippen LogP contribution is 2.42. The minimum absolute atomic E-state index is 0.00582. The van der Waals surface area contributed by atoms with E-state index in [1.165, 1.54) is 31.0 Å². The lowest BCUT2D eigenvalue weighted by Gasteiger charge is -2.50. The van der Waals surface area contributed by atoms with Gasteiger partial charge in [-0.05, 0) is 13.8 Å². The SMILES string of the molecule is CC(C)(O/N=C(\C(=O)N[C@@H]1C(=O)N2C(C(=O)O)=C(C[N+]34CCC(CC3)N(C(=O)c3cc(=O)c(O)cn3O)CC4)CS[C@H]12)c1csc(N)n1)C(=O)O. The van der Waals surface area contributed by atoms with E-state index in [2.05, 4.69) is 15.5 Å². The second-order valence-electron chi connectivity index (χ2n) is 13.2. The number of quaternary nitrogens is 1. The zero-order chi connectivity index (χ0) is 37.0. The standard InChI is InChI=1S/C30H34N8O11S2/c1-30(2,28(46)47)49-34-20(16-13-51-29(31)32-16)23(41)33-21-25(43)37-22(27(44)45)14(12-50-26(21)37)11-38-6-3-15(4-7-38)35(5-8-38)24(42)17-9-18(39)19(40)10-36(17)48/h9-10,13,15,21,26,48H,3-8,11-12H2,1-2H3,(H5-,31,32,33,40,41,44,45,46,47)/p+1/b34-20-/t15?,21-,26-,38?/m1/s1. The number of aliphatic carboxylic acids is 2. The number of nitrogens with zero attached hydrogens (tertiary/aromatic N) is 6. The lowest BCUT2D eigenvalue weighted by Crippen LogP contribution is -2.71. The van der Waals surface area contributed by atoms with Crippen molar-refractivity contribution in [3.63, 3.8) is 0 Å². The number of thioether (sulfide) groups is 1. The summed E-state index contributed by atoms with van der Waals surface area (Å²) in [6.45, 7) is 4.73. The van der Waals surface area contributed by atoms with E-state index in [1.54, 1.807) is 4.90 Å². The molecule has 2 atom stereocenters. The predicted octanol–water partition coefficient (Wildman–Crippen LogP) is -0.712. The van der Waals surface area contributed by atoms with E-state index >= 15 is 0 Å². The van der Waals surface area contributed by atoms with Crippen molar-refractivity contribution in [2.75, 3.05) is 44.2 Å². The number of β-lactam (4-membered cyclic amide) rings is 1. The molecule has 7 N–H and O–H groups in total. The summed E-state index contributed by atoms with van der Waals surface area (Å²) in [5.41, 5.74) is 2.79. The number of rotatable bonds is 10. The summed E-state index contributed by atoms with van der Waals surface area (Å²) < 4.78 is 0.890. The van der Waals surface area contributed by atoms with E-state index < -0.39 is 63.6 Å². The molecule has 3 amide bonds. The third-order valence-corrected chi connectivity index (χ3v) is 11.6. The zero-order valence-electron chi connectivity index (χ0n) is 27.3. The minimum atomic E-state index is -1.80. The van der Waals surface area contributed by atoms with E-state index in [1.807, 2.05) is 0 Å². The Hall–Kier alpha value is -5.15. The van der Waals surface area contributed by atoms with E-state index in [4.69, 9.17) is 10.6 Å². The topological polar surface area (TPSA) is 267 Å². The van der Waals surface area contributed by atoms with E-state index in [9.17, 15) is 49.3 Å². The van der Waals surface area contributed by atoms with Crippen LogP contribution in [0.3, 0.4) is 0 Å². The van der Waals surface area contributed by atoms with Gasteiger partial charge in [-0.25, -0.2) is 14.6 Å². The van der Waals surface area contributed by atoms with Gasteiger partial charge in [0.2, 0.25) is 11.0 Å². The fourth-order valence-corrected chi connectivity index (χ4v) is 8.57. The molecule has 0 spiro atoms. The summed E-state index contributed by atoms with van der Waals surface area (Å²) in [6, 6.07) is -0.421. The number of carbonyl (C=O) groups excluding carboxylic acids is 3. The summed E-state index contributed by atoms with van der Waals surface area (Å²) >= 11 is 2.29. The van der Waals surface area contributed by atoms with Crippen LogP contribution in [0.1, 0.15) is 42.9 Å². The summed E-state index contributed by atoms with van der Waals surface area (Å²) in [6.07, 6.45) is 1.94. The molecule has 5 aliphatic heterocycles. The fraction of sp³-hybridized carbons (Fsp3) is 0.467. The molecule has 21 heteroatoms. The number of fused-ring (bicyclic) bond motifs is 5. The quantitative estimate of drug-likeness (QED) is 0.0577. The third-order valence-electron chi connectivity index (χ3n) is 9.54. The van der Waals surface area contributed by atoms with Crippen LogP contribution < -0.4 is 16.5 Å². The molecule has 7 heterocycles. The van der Waals surface area contributed by atoms with Crippen LogP contribution in [-0.2, 0) is 24.0 Å².